The van der Waals surface area contributed by atoms with Gasteiger partial charge in [-0.25, -0.2) is 8.42 Å². The quantitative estimate of drug-likeness (QED) is 0.593. The van der Waals surface area contributed by atoms with E-state index < -0.39 is 10.0 Å². The first-order valence-corrected chi connectivity index (χ1v) is 12.0. The van der Waals surface area contributed by atoms with Gasteiger partial charge in [-0.3, -0.25) is 9.59 Å². The highest BCUT2D eigenvalue weighted by atomic mass is 32.2. The van der Waals surface area contributed by atoms with E-state index in [9.17, 15) is 18.0 Å². The van der Waals surface area contributed by atoms with Gasteiger partial charge in [-0.2, -0.15) is 4.31 Å². The molecule has 162 valence electrons. The molecule has 0 bridgehead atoms. The highest BCUT2D eigenvalue weighted by Gasteiger charge is 2.30. The van der Waals surface area contributed by atoms with Gasteiger partial charge in [-0.15, -0.1) is 11.8 Å². The van der Waals surface area contributed by atoms with Crippen LogP contribution in [0.1, 0.15) is 27.7 Å². The van der Waals surface area contributed by atoms with Crippen LogP contribution < -0.4 is 10.6 Å². The number of ether oxygens (including phenoxy) is 1. The standard InChI is InChI=1S/C19H29N3O5S2/c1-13-11-22(12-14(2)27-13)29(25,26)10-9-20-19(24)15(3)28-18-7-5-17(6-8-18)21-16(4)23/h5-8,13-15H,9-12H2,1-4H3,(H,20,24)(H,21,23)/t13-,14+,15-/m0/s1. The van der Waals surface area contributed by atoms with Crippen molar-refractivity contribution in [1.82, 2.24) is 9.62 Å². The van der Waals surface area contributed by atoms with Gasteiger partial charge in [-0.1, -0.05) is 0 Å². The molecule has 1 aromatic rings. The third kappa shape index (κ3) is 7.61. The molecule has 0 aliphatic carbocycles. The molecule has 0 saturated carbocycles. The lowest BCUT2D eigenvalue weighted by molar-refractivity contribution is -0.120. The summed E-state index contributed by atoms with van der Waals surface area (Å²) < 4.78 is 32.0. The van der Waals surface area contributed by atoms with Crippen molar-refractivity contribution in [3.8, 4) is 0 Å². The predicted molar refractivity (Wildman–Crippen MR) is 114 cm³/mol. The SMILES string of the molecule is CC(=O)Nc1ccc(S[C@@H](C)C(=O)NCCS(=O)(=O)N2C[C@@H](C)O[C@@H](C)C2)cc1. The van der Waals surface area contributed by atoms with Crippen molar-refractivity contribution in [3.63, 3.8) is 0 Å². The van der Waals surface area contributed by atoms with E-state index in [-0.39, 0.29) is 41.6 Å². The number of carbonyl (C=O) groups excluding carboxylic acids is 2. The molecular weight excluding hydrogens is 414 g/mol. The van der Waals surface area contributed by atoms with Gasteiger partial charge in [0.1, 0.15) is 0 Å². The number of anilines is 1. The van der Waals surface area contributed by atoms with Crippen LogP contribution in [0, 0.1) is 0 Å². The first kappa shape index (κ1) is 23.7. The average molecular weight is 444 g/mol. The van der Waals surface area contributed by atoms with E-state index in [2.05, 4.69) is 10.6 Å². The lowest BCUT2D eigenvalue weighted by Crippen LogP contribution is -2.49. The second-order valence-electron chi connectivity index (χ2n) is 7.15. The number of hydrogen-bond donors (Lipinski definition) is 2. The monoisotopic (exact) mass is 443 g/mol. The Morgan fingerprint density at radius 1 is 1.21 bits per heavy atom. The highest BCUT2D eigenvalue weighted by molar-refractivity contribution is 8.00. The molecule has 0 unspecified atom stereocenters. The summed E-state index contributed by atoms with van der Waals surface area (Å²) in [4.78, 5) is 24.2. The Balaban J connectivity index is 1.80. The van der Waals surface area contributed by atoms with Crippen molar-refractivity contribution in [2.75, 3.05) is 30.7 Å². The van der Waals surface area contributed by atoms with Crippen molar-refractivity contribution in [3.05, 3.63) is 24.3 Å². The van der Waals surface area contributed by atoms with Crippen molar-refractivity contribution in [2.45, 2.75) is 50.0 Å². The van der Waals surface area contributed by atoms with Crippen LogP contribution in [-0.2, 0) is 24.3 Å². The Labute approximate surface area is 176 Å². The minimum absolute atomic E-state index is 0.0631. The number of carbonyl (C=O) groups is 2. The van der Waals surface area contributed by atoms with Gasteiger partial charge in [0.15, 0.2) is 0 Å². The van der Waals surface area contributed by atoms with Crippen LogP contribution in [-0.4, -0.2) is 67.4 Å². The summed E-state index contributed by atoms with van der Waals surface area (Å²) in [5.41, 5.74) is 0.691. The van der Waals surface area contributed by atoms with Crippen LogP contribution in [0.2, 0.25) is 0 Å². The topological polar surface area (TPSA) is 105 Å². The maximum atomic E-state index is 12.5. The minimum Gasteiger partial charge on any atom is -0.373 e. The maximum absolute atomic E-state index is 12.5. The normalized spacial score (nSPS) is 21.4. The summed E-state index contributed by atoms with van der Waals surface area (Å²) in [6.45, 7) is 7.64. The predicted octanol–water partition coefficient (Wildman–Crippen LogP) is 1.68. The van der Waals surface area contributed by atoms with Crippen LogP contribution in [0.25, 0.3) is 0 Å². The fourth-order valence-corrected chi connectivity index (χ4v) is 5.40. The molecule has 8 nitrogen and oxygen atoms in total. The fraction of sp³-hybridized carbons (Fsp3) is 0.579. The average Bonchev–Trinajstić information content (AvgIpc) is 2.61. The molecule has 0 radical (unpaired) electrons. The van der Waals surface area contributed by atoms with Crippen molar-refractivity contribution in [2.24, 2.45) is 0 Å². The lowest BCUT2D eigenvalue weighted by Gasteiger charge is -2.34. The summed E-state index contributed by atoms with van der Waals surface area (Å²) in [7, 11) is -3.45. The smallest absolute Gasteiger partial charge is 0.233 e. The van der Waals surface area contributed by atoms with Crippen molar-refractivity contribution >= 4 is 39.3 Å². The summed E-state index contributed by atoms with van der Waals surface area (Å²) in [5.74, 6) is -0.505. The number of benzene rings is 1. The number of nitrogens with one attached hydrogen (secondary N) is 2. The molecule has 0 spiro atoms. The third-order valence-corrected chi connectivity index (χ3v) is 7.21. The first-order valence-electron chi connectivity index (χ1n) is 9.52. The van der Waals surface area contributed by atoms with Crippen LogP contribution in [0.15, 0.2) is 29.2 Å². The van der Waals surface area contributed by atoms with E-state index >= 15 is 0 Å². The Bertz CT molecular complexity index is 804. The third-order valence-electron chi connectivity index (χ3n) is 4.30. The molecule has 29 heavy (non-hydrogen) atoms. The second-order valence-corrected chi connectivity index (χ2v) is 10.6. The molecule has 3 atom stereocenters. The van der Waals surface area contributed by atoms with E-state index in [0.29, 0.717) is 18.8 Å². The zero-order valence-corrected chi connectivity index (χ0v) is 18.8. The molecule has 2 rings (SSSR count). The molecule has 0 aromatic heterocycles. The van der Waals surface area contributed by atoms with Crippen molar-refractivity contribution < 1.29 is 22.7 Å². The Morgan fingerprint density at radius 3 is 2.34 bits per heavy atom. The van der Waals surface area contributed by atoms with E-state index in [1.54, 1.807) is 19.1 Å². The summed E-state index contributed by atoms with van der Waals surface area (Å²) >= 11 is 1.36. The second kappa shape index (κ2) is 10.4. The van der Waals surface area contributed by atoms with E-state index in [0.717, 1.165) is 4.90 Å². The van der Waals surface area contributed by atoms with Crippen LogP contribution in [0.4, 0.5) is 5.69 Å². The Morgan fingerprint density at radius 2 is 1.79 bits per heavy atom. The number of hydrogen-bond acceptors (Lipinski definition) is 6. The van der Waals surface area contributed by atoms with Gasteiger partial charge in [0.25, 0.3) is 0 Å². The number of nitrogens with zero attached hydrogens (tertiary/aromatic N) is 1. The zero-order chi connectivity index (χ0) is 21.6. The Hall–Kier alpha value is -1.62. The maximum Gasteiger partial charge on any atom is 0.233 e. The fourth-order valence-electron chi connectivity index (χ4n) is 3.01. The van der Waals surface area contributed by atoms with Gasteiger partial charge >= 0.3 is 0 Å². The molecule has 1 fully saturated rings. The first-order chi connectivity index (χ1) is 13.6. The van der Waals surface area contributed by atoms with Gasteiger partial charge in [0.2, 0.25) is 21.8 Å². The molecule has 1 aliphatic rings. The molecule has 2 N–H and O–H groups in total. The molecule has 1 aliphatic heterocycles. The van der Waals surface area contributed by atoms with Crippen LogP contribution >= 0.6 is 11.8 Å². The van der Waals surface area contributed by atoms with Crippen LogP contribution in [0.3, 0.4) is 0 Å². The van der Waals surface area contributed by atoms with Gasteiger partial charge in [-0.05, 0) is 45.0 Å². The molecule has 1 heterocycles. The highest BCUT2D eigenvalue weighted by Crippen LogP contribution is 2.24. The largest absolute Gasteiger partial charge is 0.373 e. The van der Waals surface area contributed by atoms with Gasteiger partial charge < -0.3 is 15.4 Å². The summed E-state index contributed by atoms with van der Waals surface area (Å²) in [6.07, 6.45) is -0.284. The summed E-state index contributed by atoms with van der Waals surface area (Å²) in [5, 5.41) is 5.01. The number of sulfonamides is 1. The van der Waals surface area contributed by atoms with E-state index in [4.69, 9.17) is 4.74 Å². The van der Waals surface area contributed by atoms with Gasteiger partial charge in [0.05, 0.1) is 23.2 Å². The minimum atomic E-state index is -3.45. The van der Waals surface area contributed by atoms with E-state index in [1.807, 2.05) is 26.0 Å². The van der Waals surface area contributed by atoms with Crippen molar-refractivity contribution in [1.29, 1.82) is 0 Å². The molecule has 1 saturated heterocycles. The molecule has 2 amide bonds. The number of morpholine rings is 1. The summed E-state index contributed by atoms with van der Waals surface area (Å²) in [6, 6.07) is 7.19. The number of amides is 2. The van der Waals surface area contributed by atoms with Crippen LogP contribution in [0.5, 0.6) is 0 Å². The molecular formula is C19H29N3O5S2. The lowest BCUT2D eigenvalue weighted by atomic mass is 10.3. The number of rotatable bonds is 8. The number of thioether (sulfide) groups is 1. The molecule has 1 aromatic carbocycles. The van der Waals surface area contributed by atoms with Gasteiger partial charge in [0, 0.05) is 37.1 Å². The van der Waals surface area contributed by atoms with E-state index in [1.165, 1.54) is 23.0 Å². The molecule has 10 heteroatoms. The Kier molecular flexibility index (Phi) is 8.50. The zero-order valence-electron chi connectivity index (χ0n) is 17.2.